The van der Waals surface area contributed by atoms with Gasteiger partial charge >= 0.3 is 0 Å². The Morgan fingerprint density at radius 3 is 2.25 bits per heavy atom. The monoisotopic (exact) mass is 273 g/mol. The minimum absolute atomic E-state index is 0.0162. The van der Waals surface area contributed by atoms with Crippen molar-refractivity contribution in [3.05, 3.63) is 35.4 Å². The minimum Gasteiger partial charge on any atom is -0.305 e. The summed E-state index contributed by atoms with van der Waals surface area (Å²) in [5.74, 6) is 0.885. The number of hydrogen-bond donors (Lipinski definition) is 1. The van der Waals surface area contributed by atoms with Crippen molar-refractivity contribution in [3.63, 3.8) is 0 Å². The fraction of sp³-hybridized carbons (Fsp3) is 0.611. The number of benzene rings is 1. The molecule has 0 atom stereocenters. The third kappa shape index (κ3) is 4.45. The molecule has 2 nitrogen and oxygen atoms in total. The van der Waals surface area contributed by atoms with Gasteiger partial charge in [-0.15, -0.1) is 0 Å². The lowest BCUT2D eigenvalue weighted by atomic mass is 9.84. The van der Waals surface area contributed by atoms with Gasteiger partial charge in [0.1, 0.15) is 0 Å². The molecule has 0 radical (unpaired) electrons. The van der Waals surface area contributed by atoms with E-state index in [9.17, 15) is 4.79 Å². The van der Waals surface area contributed by atoms with Crippen molar-refractivity contribution in [2.75, 3.05) is 6.54 Å². The summed E-state index contributed by atoms with van der Waals surface area (Å²) < 4.78 is 0. The van der Waals surface area contributed by atoms with Gasteiger partial charge in [-0.05, 0) is 45.1 Å². The average Bonchev–Trinajstić information content (AvgIpc) is 2.45. The molecule has 0 aliphatic heterocycles. The first-order chi connectivity index (χ1) is 9.46. The lowest BCUT2D eigenvalue weighted by Gasteiger charge is -2.22. The molecule has 0 saturated heterocycles. The number of rotatable bonds is 4. The first-order valence-electron chi connectivity index (χ1n) is 7.84. The van der Waals surface area contributed by atoms with Gasteiger partial charge in [0, 0.05) is 11.1 Å². The molecule has 20 heavy (non-hydrogen) atoms. The highest BCUT2D eigenvalue weighted by atomic mass is 16.1. The molecule has 1 aromatic rings. The Morgan fingerprint density at radius 2 is 1.70 bits per heavy atom. The molecule has 0 bridgehead atoms. The number of nitrogens with one attached hydrogen (secondary N) is 1. The van der Waals surface area contributed by atoms with Crippen LogP contribution in [0.3, 0.4) is 0 Å². The lowest BCUT2D eigenvalue weighted by Crippen LogP contribution is -2.39. The van der Waals surface area contributed by atoms with Crippen LogP contribution in [0, 0.1) is 0 Å². The van der Waals surface area contributed by atoms with Gasteiger partial charge in [-0.25, -0.2) is 0 Å². The van der Waals surface area contributed by atoms with E-state index >= 15 is 0 Å². The maximum Gasteiger partial charge on any atom is 0.176 e. The smallest absolute Gasteiger partial charge is 0.176 e. The van der Waals surface area contributed by atoms with Gasteiger partial charge in [-0.1, -0.05) is 43.5 Å². The molecule has 0 amide bonds. The molecule has 1 fully saturated rings. The zero-order chi connectivity index (χ0) is 14.6. The minimum atomic E-state index is -0.0162. The van der Waals surface area contributed by atoms with Gasteiger partial charge < -0.3 is 5.32 Å². The van der Waals surface area contributed by atoms with Gasteiger partial charge in [0.15, 0.2) is 5.78 Å². The Labute approximate surface area is 123 Å². The van der Waals surface area contributed by atoms with E-state index in [2.05, 4.69) is 38.2 Å². The molecule has 0 spiro atoms. The van der Waals surface area contributed by atoms with Crippen LogP contribution in [-0.4, -0.2) is 17.9 Å². The third-order valence-corrected chi connectivity index (χ3v) is 4.09. The second-order valence-electron chi connectivity index (χ2n) is 6.98. The van der Waals surface area contributed by atoms with E-state index in [0.29, 0.717) is 12.5 Å². The number of hydrogen-bond acceptors (Lipinski definition) is 2. The summed E-state index contributed by atoms with van der Waals surface area (Å²) in [5, 5.41) is 3.25. The molecule has 0 unspecified atom stereocenters. The fourth-order valence-corrected chi connectivity index (χ4v) is 2.82. The maximum absolute atomic E-state index is 12.1. The third-order valence-electron chi connectivity index (χ3n) is 4.09. The molecule has 1 aliphatic carbocycles. The second-order valence-corrected chi connectivity index (χ2v) is 6.98. The summed E-state index contributed by atoms with van der Waals surface area (Å²) in [6.45, 7) is 6.64. The van der Waals surface area contributed by atoms with Gasteiger partial charge in [0.2, 0.25) is 0 Å². The fourth-order valence-electron chi connectivity index (χ4n) is 2.82. The summed E-state index contributed by atoms with van der Waals surface area (Å²) in [6, 6.07) is 8.30. The van der Waals surface area contributed by atoms with Gasteiger partial charge in [-0.3, -0.25) is 4.79 Å². The van der Waals surface area contributed by atoms with E-state index in [0.717, 1.165) is 5.56 Å². The highest BCUT2D eigenvalue weighted by Crippen LogP contribution is 2.32. The topological polar surface area (TPSA) is 29.1 Å². The highest BCUT2D eigenvalue weighted by molar-refractivity contribution is 5.97. The summed E-state index contributed by atoms with van der Waals surface area (Å²) in [6.07, 6.45) is 6.69. The van der Waals surface area contributed by atoms with Crippen molar-refractivity contribution in [2.45, 2.75) is 64.3 Å². The SMILES string of the molecule is CC(C)(C)NCC(=O)c1ccc(C2CCCCC2)cc1. The second kappa shape index (κ2) is 6.53. The van der Waals surface area contributed by atoms with E-state index in [-0.39, 0.29) is 11.3 Å². The average molecular weight is 273 g/mol. The van der Waals surface area contributed by atoms with Crippen molar-refractivity contribution in [1.82, 2.24) is 5.32 Å². The van der Waals surface area contributed by atoms with E-state index < -0.39 is 0 Å². The number of Topliss-reactive ketones (excluding diaryl/α,β-unsaturated/α-hetero) is 1. The summed E-state index contributed by atoms with van der Waals surface area (Å²) in [7, 11) is 0. The van der Waals surface area contributed by atoms with Gasteiger partial charge in [0.05, 0.1) is 6.54 Å². The molecule has 1 aromatic carbocycles. The lowest BCUT2D eigenvalue weighted by molar-refractivity contribution is 0.0982. The Hall–Kier alpha value is -1.15. The maximum atomic E-state index is 12.1. The quantitative estimate of drug-likeness (QED) is 0.828. The number of carbonyl (C=O) groups is 1. The van der Waals surface area contributed by atoms with Crippen LogP contribution >= 0.6 is 0 Å². The van der Waals surface area contributed by atoms with Gasteiger partial charge in [0.25, 0.3) is 0 Å². The molecule has 1 N–H and O–H groups in total. The van der Waals surface area contributed by atoms with Crippen LogP contribution in [0.5, 0.6) is 0 Å². The predicted octanol–water partition coefficient (Wildman–Crippen LogP) is 4.31. The normalized spacial score (nSPS) is 17.1. The number of ketones is 1. The van der Waals surface area contributed by atoms with Crippen LogP contribution in [0.2, 0.25) is 0 Å². The Kier molecular flexibility index (Phi) is 4.98. The van der Waals surface area contributed by atoms with Crippen LogP contribution in [0.15, 0.2) is 24.3 Å². The Bertz CT molecular complexity index is 435. The van der Waals surface area contributed by atoms with Crippen LogP contribution in [-0.2, 0) is 0 Å². The molecular formula is C18H27NO. The Balaban J connectivity index is 1.95. The van der Waals surface area contributed by atoms with Crippen LogP contribution < -0.4 is 5.32 Å². The first kappa shape index (κ1) is 15.2. The summed E-state index contributed by atoms with van der Waals surface area (Å²) >= 11 is 0. The molecular weight excluding hydrogens is 246 g/mol. The summed E-state index contributed by atoms with van der Waals surface area (Å²) in [4.78, 5) is 12.1. The Morgan fingerprint density at radius 1 is 1.10 bits per heavy atom. The van der Waals surface area contributed by atoms with Gasteiger partial charge in [-0.2, -0.15) is 0 Å². The van der Waals surface area contributed by atoms with Crippen molar-refractivity contribution in [1.29, 1.82) is 0 Å². The molecule has 0 aromatic heterocycles. The molecule has 1 aliphatic rings. The first-order valence-corrected chi connectivity index (χ1v) is 7.84. The highest BCUT2D eigenvalue weighted by Gasteiger charge is 2.16. The van der Waals surface area contributed by atoms with E-state index in [1.165, 1.54) is 37.7 Å². The van der Waals surface area contributed by atoms with Crippen molar-refractivity contribution < 1.29 is 4.79 Å². The van der Waals surface area contributed by atoms with E-state index in [1.807, 2.05) is 12.1 Å². The van der Waals surface area contributed by atoms with Crippen molar-refractivity contribution >= 4 is 5.78 Å². The zero-order valence-electron chi connectivity index (χ0n) is 13.0. The molecule has 0 heterocycles. The van der Waals surface area contributed by atoms with Crippen LogP contribution in [0.4, 0.5) is 0 Å². The predicted molar refractivity (Wildman–Crippen MR) is 84.4 cm³/mol. The zero-order valence-corrected chi connectivity index (χ0v) is 13.0. The molecule has 1 saturated carbocycles. The van der Waals surface area contributed by atoms with E-state index in [1.54, 1.807) is 0 Å². The van der Waals surface area contributed by atoms with E-state index in [4.69, 9.17) is 0 Å². The number of carbonyl (C=O) groups excluding carboxylic acids is 1. The standard InChI is InChI=1S/C18H27NO/c1-18(2,3)19-13-17(20)16-11-9-15(10-12-16)14-7-5-4-6-8-14/h9-12,14,19H,4-8,13H2,1-3H3. The molecule has 110 valence electrons. The van der Waals surface area contributed by atoms with Crippen LogP contribution in [0.25, 0.3) is 0 Å². The summed E-state index contributed by atoms with van der Waals surface area (Å²) in [5.41, 5.74) is 2.21. The van der Waals surface area contributed by atoms with Crippen LogP contribution in [0.1, 0.15) is 74.7 Å². The van der Waals surface area contributed by atoms with Crippen molar-refractivity contribution in [2.24, 2.45) is 0 Å². The van der Waals surface area contributed by atoms with Crippen molar-refractivity contribution in [3.8, 4) is 0 Å². The molecule has 2 rings (SSSR count). The largest absolute Gasteiger partial charge is 0.305 e. The molecule has 2 heteroatoms.